The first-order valence-corrected chi connectivity index (χ1v) is 11.5. The summed E-state index contributed by atoms with van der Waals surface area (Å²) in [6.07, 6.45) is 5.01. The second-order valence-corrected chi connectivity index (χ2v) is 9.45. The van der Waals surface area contributed by atoms with Crippen molar-refractivity contribution in [1.29, 1.82) is 0 Å². The number of hydrogen-bond acceptors (Lipinski definition) is 3. The van der Waals surface area contributed by atoms with Crippen LogP contribution in [0.1, 0.15) is 48.5 Å². The Morgan fingerprint density at radius 2 is 2.11 bits per heavy atom. The molecule has 1 aliphatic rings. The van der Waals surface area contributed by atoms with Crippen LogP contribution in [0.3, 0.4) is 0 Å². The van der Waals surface area contributed by atoms with Gasteiger partial charge in [-0.2, -0.15) is 0 Å². The van der Waals surface area contributed by atoms with Gasteiger partial charge in [-0.1, -0.05) is 25.5 Å². The summed E-state index contributed by atoms with van der Waals surface area (Å²) in [4.78, 5) is 18.0. The molecule has 0 aromatic heterocycles. The van der Waals surface area contributed by atoms with Crippen LogP contribution in [0.4, 0.5) is 0 Å². The molecule has 0 radical (unpaired) electrons. The van der Waals surface area contributed by atoms with Crippen molar-refractivity contribution in [2.24, 2.45) is 4.99 Å². The Labute approximate surface area is 171 Å². The maximum Gasteiger partial charge on any atom is 0.253 e. The highest BCUT2D eigenvalue weighted by Gasteiger charge is 2.25. The highest BCUT2D eigenvalue weighted by atomic mass is 32.2. The minimum atomic E-state index is -0.722. The summed E-state index contributed by atoms with van der Waals surface area (Å²) < 4.78 is 12.1. The molecule has 0 aliphatic heterocycles. The number of carbonyl (C=O) groups is 1. The van der Waals surface area contributed by atoms with Gasteiger partial charge in [0, 0.05) is 61.1 Å². The van der Waals surface area contributed by atoms with E-state index in [1.54, 1.807) is 26.0 Å². The Kier molecular flexibility index (Phi) is 8.96. The number of hydrogen-bond donors (Lipinski definition) is 2. The van der Waals surface area contributed by atoms with Gasteiger partial charge in [-0.05, 0) is 43.4 Å². The second-order valence-electron chi connectivity index (χ2n) is 7.45. The zero-order chi connectivity index (χ0) is 20.5. The number of nitrogens with one attached hydrogen (secondary N) is 2. The molecule has 1 aliphatic carbocycles. The number of guanidine groups is 1. The van der Waals surface area contributed by atoms with E-state index in [4.69, 9.17) is 0 Å². The van der Waals surface area contributed by atoms with Gasteiger partial charge >= 0.3 is 0 Å². The van der Waals surface area contributed by atoms with Crippen LogP contribution in [0, 0.1) is 0 Å². The first kappa shape index (κ1) is 22.4. The van der Waals surface area contributed by atoms with Crippen molar-refractivity contribution >= 4 is 22.7 Å². The van der Waals surface area contributed by atoms with E-state index in [1.807, 2.05) is 31.2 Å². The largest absolute Gasteiger partial charge is 0.356 e. The van der Waals surface area contributed by atoms with Crippen LogP contribution in [0.2, 0.25) is 0 Å². The summed E-state index contributed by atoms with van der Waals surface area (Å²) in [6.45, 7) is 2.73. The summed E-state index contributed by atoms with van der Waals surface area (Å²) in [5.41, 5.74) is 1.83. The third kappa shape index (κ3) is 6.62. The van der Waals surface area contributed by atoms with Gasteiger partial charge < -0.3 is 15.5 Å². The third-order valence-electron chi connectivity index (χ3n) is 5.13. The van der Waals surface area contributed by atoms with Crippen LogP contribution >= 0.6 is 0 Å². The SMILES string of the molecule is CCS(=O)C1CCCC(NC(=NC)NCCc2cccc(C(=O)N(C)C)c2)C1. The Morgan fingerprint density at radius 1 is 1.32 bits per heavy atom. The quantitative estimate of drug-likeness (QED) is 0.538. The van der Waals surface area contributed by atoms with E-state index in [1.165, 1.54) is 0 Å². The molecule has 28 heavy (non-hydrogen) atoms. The van der Waals surface area contributed by atoms with Gasteiger partial charge in [0.1, 0.15) is 0 Å². The van der Waals surface area contributed by atoms with Crippen LogP contribution in [-0.4, -0.2) is 65.7 Å². The predicted octanol–water partition coefficient (Wildman–Crippen LogP) is 2.18. The normalized spacial score (nSPS) is 21.1. The van der Waals surface area contributed by atoms with Crippen LogP contribution in [-0.2, 0) is 17.2 Å². The molecule has 6 nitrogen and oxygen atoms in total. The lowest BCUT2D eigenvalue weighted by molar-refractivity contribution is 0.0827. The molecule has 2 N–H and O–H groups in total. The summed E-state index contributed by atoms with van der Waals surface area (Å²) in [7, 11) is 4.58. The van der Waals surface area contributed by atoms with Gasteiger partial charge in [0.2, 0.25) is 0 Å². The minimum absolute atomic E-state index is 0.0172. The molecule has 1 amide bonds. The van der Waals surface area contributed by atoms with E-state index < -0.39 is 10.8 Å². The summed E-state index contributed by atoms with van der Waals surface area (Å²) >= 11 is 0. The van der Waals surface area contributed by atoms with Gasteiger partial charge in [0.15, 0.2) is 5.96 Å². The van der Waals surface area contributed by atoms with Crippen molar-refractivity contribution < 1.29 is 9.00 Å². The molecule has 0 saturated heterocycles. The fourth-order valence-electron chi connectivity index (χ4n) is 3.58. The van der Waals surface area contributed by atoms with Crippen LogP contribution < -0.4 is 10.6 Å². The first-order chi connectivity index (χ1) is 13.4. The van der Waals surface area contributed by atoms with Gasteiger partial charge in [-0.3, -0.25) is 14.0 Å². The monoisotopic (exact) mass is 406 g/mol. The smallest absolute Gasteiger partial charge is 0.253 e. The zero-order valence-electron chi connectivity index (χ0n) is 17.5. The molecule has 156 valence electrons. The number of nitrogens with zero attached hydrogens (tertiary/aromatic N) is 2. The molecule has 1 fully saturated rings. The fourth-order valence-corrected chi connectivity index (χ4v) is 4.93. The number of carbonyl (C=O) groups excluding carboxylic acids is 1. The van der Waals surface area contributed by atoms with Crippen molar-refractivity contribution in [3.8, 4) is 0 Å². The highest BCUT2D eigenvalue weighted by Crippen LogP contribution is 2.22. The van der Waals surface area contributed by atoms with Crippen molar-refractivity contribution in [1.82, 2.24) is 15.5 Å². The van der Waals surface area contributed by atoms with E-state index in [0.29, 0.717) is 16.9 Å². The van der Waals surface area contributed by atoms with Crippen LogP contribution in [0.15, 0.2) is 29.3 Å². The molecule has 0 spiro atoms. The molecule has 3 unspecified atom stereocenters. The number of aliphatic imine (C=N–C) groups is 1. The topological polar surface area (TPSA) is 73.8 Å². The molecule has 2 rings (SSSR count). The molecule has 7 heteroatoms. The summed E-state index contributed by atoms with van der Waals surface area (Å²) in [6, 6.07) is 8.08. The summed E-state index contributed by atoms with van der Waals surface area (Å²) in [5.74, 6) is 1.54. The zero-order valence-corrected chi connectivity index (χ0v) is 18.3. The maximum atomic E-state index is 12.1. The Morgan fingerprint density at radius 3 is 2.79 bits per heavy atom. The van der Waals surface area contributed by atoms with Crippen LogP contribution in [0.5, 0.6) is 0 Å². The first-order valence-electron chi connectivity index (χ1n) is 10.1. The Balaban J connectivity index is 1.84. The second kappa shape index (κ2) is 11.2. The van der Waals surface area contributed by atoms with E-state index in [9.17, 15) is 9.00 Å². The molecule has 0 heterocycles. The molecular weight excluding hydrogens is 372 g/mol. The van der Waals surface area contributed by atoms with Crippen LogP contribution in [0.25, 0.3) is 0 Å². The van der Waals surface area contributed by atoms with Gasteiger partial charge in [0.05, 0.1) is 0 Å². The Bertz CT molecular complexity index is 705. The maximum absolute atomic E-state index is 12.1. The minimum Gasteiger partial charge on any atom is -0.356 e. The molecule has 1 aromatic rings. The lowest BCUT2D eigenvalue weighted by atomic mass is 9.95. The molecule has 3 atom stereocenters. The fraction of sp³-hybridized carbons (Fsp3) is 0.619. The standard InChI is InChI=1S/C21H34N4O2S/c1-5-28(27)19-11-7-10-18(15-19)24-21(22-2)23-13-12-16-8-6-9-17(14-16)20(26)25(3)4/h6,8-9,14,18-19H,5,7,10-13,15H2,1-4H3,(H2,22,23,24). The van der Waals surface area contributed by atoms with Gasteiger partial charge in [0.25, 0.3) is 5.91 Å². The molecule has 1 saturated carbocycles. The third-order valence-corrected chi connectivity index (χ3v) is 6.87. The van der Waals surface area contributed by atoms with Crippen molar-refractivity contribution in [3.05, 3.63) is 35.4 Å². The Hall–Kier alpha value is -1.89. The van der Waals surface area contributed by atoms with Crippen molar-refractivity contribution in [2.75, 3.05) is 33.4 Å². The van der Waals surface area contributed by atoms with Gasteiger partial charge in [-0.25, -0.2) is 0 Å². The van der Waals surface area contributed by atoms with E-state index in [-0.39, 0.29) is 5.91 Å². The number of amides is 1. The summed E-state index contributed by atoms with van der Waals surface area (Å²) in [5, 5.41) is 7.15. The molecule has 0 bridgehead atoms. The lowest BCUT2D eigenvalue weighted by Crippen LogP contribution is -2.47. The number of benzene rings is 1. The predicted molar refractivity (Wildman–Crippen MR) is 117 cm³/mol. The van der Waals surface area contributed by atoms with E-state index >= 15 is 0 Å². The molecular formula is C21H34N4O2S. The average molecular weight is 407 g/mol. The average Bonchev–Trinajstić information content (AvgIpc) is 2.72. The van der Waals surface area contributed by atoms with Gasteiger partial charge in [-0.15, -0.1) is 0 Å². The van der Waals surface area contributed by atoms with E-state index in [2.05, 4.69) is 15.6 Å². The van der Waals surface area contributed by atoms with Crippen molar-refractivity contribution in [3.63, 3.8) is 0 Å². The van der Waals surface area contributed by atoms with E-state index in [0.717, 1.165) is 55.9 Å². The highest BCUT2D eigenvalue weighted by molar-refractivity contribution is 7.85. The lowest BCUT2D eigenvalue weighted by Gasteiger charge is -2.30. The molecule has 1 aromatic carbocycles. The number of rotatable bonds is 7. The van der Waals surface area contributed by atoms with Crippen molar-refractivity contribution in [2.45, 2.75) is 50.3 Å².